The second-order valence-electron chi connectivity index (χ2n) is 7.64. The number of anilines is 1. The highest BCUT2D eigenvalue weighted by Gasteiger charge is 2.40. The zero-order valence-corrected chi connectivity index (χ0v) is 19.7. The first kappa shape index (κ1) is 22.8. The molecule has 1 aromatic carbocycles. The number of benzene rings is 1. The molecule has 0 fully saturated rings. The number of rotatable bonds is 3. The minimum atomic E-state index is -4.65. The monoisotopic (exact) mass is 522 g/mol. The van der Waals surface area contributed by atoms with E-state index in [0.29, 0.717) is 17.0 Å². The first-order chi connectivity index (χ1) is 16.1. The summed E-state index contributed by atoms with van der Waals surface area (Å²) in [5.74, 6) is -0.285. The lowest BCUT2D eigenvalue weighted by Crippen LogP contribution is -2.31. The third kappa shape index (κ3) is 3.83. The van der Waals surface area contributed by atoms with E-state index in [9.17, 15) is 18.0 Å². The van der Waals surface area contributed by atoms with Crippen LogP contribution in [0.5, 0.6) is 0 Å². The Morgan fingerprint density at radius 1 is 1.12 bits per heavy atom. The van der Waals surface area contributed by atoms with Crippen molar-refractivity contribution in [2.45, 2.75) is 19.1 Å². The zero-order valence-electron chi connectivity index (χ0n) is 17.4. The van der Waals surface area contributed by atoms with Gasteiger partial charge in [-0.3, -0.25) is 9.36 Å². The van der Waals surface area contributed by atoms with Crippen molar-refractivity contribution in [1.82, 2.24) is 14.3 Å². The molecule has 1 N–H and O–H groups in total. The number of nitrogens with one attached hydrogen (secondary N) is 1. The molecule has 174 valence electrons. The molecule has 4 aromatic rings. The maximum atomic E-state index is 13.9. The van der Waals surface area contributed by atoms with Crippen LogP contribution >= 0.6 is 34.5 Å². The van der Waals surface area contributed by atoms with Gasteiger partial charge in [0.15, 0.2) is 5.69 Å². The molecule has 0 saturated carbocycles. The van der Waals surface area contributed by atoms with Crippen LogP contribution in [0.3, 0.4) is 0 Å². The van der Waals surface area contributed by atoms with Crippen LogP contribution in [0.1, 0.15) is 29.0 Å². The average molecular weight is 523 g/mol. The summed E-state index contributed by atoms with van der Waals surface area (Å²) >= 11 is 13.8. The van der Waals surface area contributed by atoms with Gasteiger partial charge in [-0.1, -0.05) is 35.3 Å². The molecular weight excluding hydrogens is 508 g/mol. The van der Waals surface area contributed by atoms with Gasteiger partial charge in [0, 0.05) is 18.0 Å². The second-order valence-corrected chi connectivity index (χ2v) is 9.40. The Bertz CT molecular complexity index is 1440. The molecule has 0 spiro atoms. The third-order valence-electron chi connectivity index (χ3n) is 5.49. The number of hydrogen-bond donors (Lipinski definition) is 1. The van der Waals surface area contributed by atoms with E-state index in [0.717, 1.165) is 15.6 Å². The van der Waals surface area contributed by atoms with Gasteiger partial charge in [-0.15, -0.1) is 11.3 Å². The molecule has 5 rings (SSSR count). The molecule has 0 saturated heterocycles. The van der Waals surface area contributed by atoms with E-state index in [1.54, 1.807) is 31.3 Å². The van der Waals surface area contributed by atoms with Crippen molar-refractivity contribution in [1.29, 1.82) is 0 Å². The van der Waals surface area contributed by atoms with Crippen LogP contribution in [0, 0.1) is 0 Å². The standard InChI is InChI=1S/C23H15Cl2F3N4OS/c1-12-20(22(33)31-8-2-4-16(31)17-5-3-9-34-17)21(13-6-7-14(24)15(25)10-13)32-19(29-12)11-18(30-32)23(26,27)28/h2-11,21,29H,1H3. The number of fused-ring (bicyclic) bond motifs is 1. The number of carbonyl (C=O) groups is 1. The van der Waals surface area contributed by atoms with Crippen LogP contribution in [0.2, 0.25) is 10.0 Å². The van der Waals surface area contributed by atoms with Crippen molar-refractivity contribution in [3.05, 3.63) is 92.7 Å². The molecule has 0 bridgehead atoms. The lowest BCUT2D eigenvalue weighted by molar-refractivity contribution is -0.141. The summed E-state index contributed by atoms with van der Waals surface area (Å²) < 4.78 is 43.1. The lowest BCUT2D eigenvalue weighted by Gasteiger charge is -2.30. The van der Waals surface area contributed by atoms with Gasteiger partial charge in [0.05, 0.1) is 26.2 Å². The summed E-state index contributed by atoms with van der Waals surface area (Å²) in [6, 6.07) is 12.0. The van der Waals surface area contributed by atoms with E-state index in [-0.39, 0.29) is 21.4 Å². The molecule has 3 aromatic heterocycles. The fraction of sp³-hybridized carbons (Fsp3) is 0.130. The molecule has 11 heteroatoms. The maximum absolute atomic E-state index is 13.9. The van der Waals surface area contributed by atoms with Gasteiger partial charge in [0.1, 0.15) is 11.9 Å². The fourth-order valence-electron chi connectivity index (χ4n) is 3.99. The van der Waals surface area contributed by atoms with Crippen molar-refractivity contribution in [3.63, 3.8) is 0 Å². The number of nitrogens with zero attached hydrogens (tertiary/aromatic N) is 3. The Morgan fingerprint density at radius 2 is 1.91 bits per heavy atom. The van der Waals surface area contributed by atoms with Crippen LogP contribution in [0.15, 0.2) is 71.4 Å². The second kappa shape index (κ2) is 8.33. The summed E-state index contributed by atoms with van der Waals surface area (Å²) in [5.41, 5.74) is 0.725. The van der Waals surface area contributed by atoms with Crippen LogP contribution in [0.25, 0.3) is 10.6 Å². The van der Waals surface area contributed by atoms with E-state index >= 15 is 0 Å². The summed E-state index contributed by atoms with van der Waals surface area (Å²) in [6.07, 6.45) is -3.03. The minimum absolute atomic E-state index is 0.114. The Balaban J connectivity index is 1.69. The zero-order chi connectivity index (χ0) is 24.2. The Labute approximate surface area is 206 Å². The topological polar surface area (TPSA) is 51.9 Å². The molecule has 0 aliphatic carbocycles. The summed E-state index contributed by atoms with van der Waals surface area (Å²) in [6.45, 7) is 1.65. The Kier molecular flexibility index (Phi) is 5.58. The first-order valence-electron chi connectivity index (χ1n) is 10.0. The molecular formula is C23H15Cl2F3N4OS. The van der Waals surface area contributed by atoms with Crippen LogP contribution in [0.4, 0.5) is 19.0 Å². The molecule has 4 heterocycles. The number of hydrogen-bond acceptors (Lipinski definition) is 4. The largest absolute Gasteiger partial charge is 0.435 e. The minimum Gasteiger partial charge on any atom is -0.344 e. The maximum Gasteiger partial charge on any atom is 0.435 e. The summed E-state index contributed by atoms with van der Waals surface area (Å²) in [7, 11) is 0. The number of allylic oxidation sites excluding steroid dienone is 2. The normalized spacial score (nSPS) is 15.9. The number of alkyl halides is 3. The van der Waals surface area contributed by atoms with Crippen molar-refractivity contribution in [3.8, 4) is 10.6 Å². The van der Waals surface area contributed by atoms with Gasteiger partial charge in [-0.05, 0) is 48.2 Å². The van der Waals surface area contributed by atoms with Gasteiger partial charge in [0.25, 0.3) is 5.91 Å². The fourth-order valence-corrected chi connectivity index (χ4v) is 5.05. The van der Waals surface area contributed by atoms with Crippen molar-refractivity contribution < 1.29 is 18.0 Å². The highest BCUT2D eigenvalue weighted by molar-refractivity contribution is 7.13. The van der Waals surface area contributed by atoms with E-state index < -0.39 is 23.8 Å². The smallest absolute Gasteiger partial charge is 0.344 e. The average Bonchev–Trinajstić information content (AvgIpc) is 3.53. The van der Waals surface area contributed by atoms with Crippen molar-refractivity contribution in [2.24, 2.45) is 0 Å². The van der Waals surface area contributed by atoms with Crippen LogP contribution in [-0.2, 0) is 6.18 Å². The summed E-state index contributed by atoms with van der Waals surface area (Å²) in [4.78, 5) is 14.8. The van der Waals surface area contributed by atoms with Gasteiger partial charge in [0.2, 0.25) is 0 Å². The van der Waals surface area contributed by atoms with E-state index in [1.807, 2.05) is 23.6 Å². The van der Waals surface area contributed by atoms with Gasteiger partial charge in [-0.2, -0.15) is 18.3 Å². The van der Waals surface area contributed by atoms with Gasteiger partial charge in [-0.25, -0.2) is 4.68 Å². The molecule has 1 aliphatic rings. The summed E-state index contributed by atoms with van der Waals surface area (Å²) in [5, 5.41) is 9.13. The van der Waals surface area contributed by atoms with E-state index in [2.05, 4.69) is 10.4 Å². The highest BCUT2D eigenvalue weighted by atomic mass is 35.5. The highest BCUT2D eigenvalue weighted by Crippen LogP contribution is 2.41. The molecule has 0 amide bonds. The Hall–Kier alpha value is -3.01. The molecule has 1 aliphatic heterocycles. The van der Waals surface area contributed by atoms with Gasteiger partial charge < -0.3 is 5.32 Å². The Morgan fingerprint density at radius 3 is 2.59 bits per heavy atom. The predicted molar refractivity (Wildman–Crippen MR) is 127 cm³/mol. The number of carbonyl (C=O) groups excluding carboxylic acids is 1. The van der Waals surface area contributed by atoms with Crippen LogP contribution < -0.4 is 5.32 Å². The lowest BCUT2D eigenvalue weighted by atomic mass is 9.94. The number of thiophene rings is 1. The number of halogens is 5. The van der Waals surface area contributed by atoms with E-state index in [1.165, 1.54) is 22.0 Å². The van der Waals surface area contributed by atoms with Crippen molar-refractivity contribution >= 4 is 46.3 Å². The quantitative estimate of drug-likeness (QED) is 0.305. The SMILES string of the molecule is CC1=C(C(=O)n2cccc2-c2cccs2)C(c2ccc(Cl)c(Cl)c2)n2nc(C(F)(F)F)cc2N1. The third-order valence-corrected chi connectivity index (χ3v) is 7.13. The molecule has 1 unspecified atom stereocenters. The van der Waals surface area contributed by atoms with Crippen LogP contribution in [-0.4, -0.2) is 20.3 Å². The first-order valence-corrected chi connectivity index (χ1v) is 11.6. The molecule has 0 radical (unpaired) electrons. The predicted octanol–water partition coefficient (Wildman–Crippen LogP) is 7.37. The van der Waals surface area contributed by atoms with Gasteiger partial charge >= 0.3 is 6.18 Å². The molecule has 5 nitrogen and oxygen atoms in total. The van der Waals surface area contributed by atoms with E-state index in [4.69, 9.17) is 23.2 Å². The molecule has 1 atom stereocenters. The van der Waals surface area contributed by atoms with Crippen molar-refractivity contribution in [2.75, 3.05) is 5.32 Å². The number of aromatic nitrogens is 3. The molecule has 34 heavy (non-hydrogen) atoms.